The zero-order valence-electron chi connectivity index (χ0n) is 15.8. The van der Waals surface area contributed by atoms with Gasteiger partial charge in [0.05, 0.1) is 5.60 Å². The topological polar surface area (TPSA) is 93.6 Å². The van der Waals surface area contributed by atoms with Gasteiger partial charge in [-0.1, -0.05) is 0 Å². The van der Waals surface area contributed by atoms with Crippen LogP contribution in [-0.4, -0.2) is 78.0 Å². The van der Waals surface area contributed by atoms with Crippen LogP contribution in [0.1, 0.15) is 37.4 Å². The van der Waals surface area contributed by atoms with Crippen molar-refractivity contribution in [1.82, 2.24) is 34.5 Å². The Bertz CT molecular complexity index is 925. The number of likely N-dealkylation sites (tertiary alicyclic amines) is 1. The van der Waals surface area contributed by atoms with Gasteiger partial charge in [-0.25, -0.2) is 4.68 Å². The van der Waals surface area contributed by atoms with Crippen molar-refractivity contribution in [3.05, 3.63) is 36.4 Å². The molecule has 0 unspecified atom stereocenters. The predicted octanol–water partition coefficient (Wildman–Crippen LogP) is 1.03. The third-order valence-corrected chi connectivity index (χ3v) is 5.91. The molecule has 9 nitrogen and oxygen atoms in total. The summed E-state index contributed by atoms with van der Waals surface area (Å²) in [5, 5.41) is 28.4. The fourth-order valence-electron chi connectivity index (χ4n) is 4.25. The van der Waals surface area contributed by atoms with E-state index in [2.05, 4.69) is 20.2 Å². The molecule has 0 bridgehead atoms. The van der Waals surface area contributed by atoms with Gasteiger partial charge in [0.15, 0.2) is 17.3 Å². The Morgan fingerprint density at radius 3 is 2.71 bits per heavy atom. The molecule has 0 radical (unpaired) electrons. The minimum Gasteiger partial charge on any atom is -0.388 e. The summed E-state index contributed by atoms with van der Waals surface area (Å²) < 4.78 is 8.97. The first-order valence-corrected chi connectivity index (χ1v) is 9.95. The number of nitrogens with zero attached hydrogens (tertiary/aromatic N) is 7. The average molecular weight is 383 g/mol. The maximum absolute atomic E-state index is 10.8. The van der Waals surface area contributed by atoms with E-state index in [1.807, 2.05) is 28.9 Å². The van der Waals surface area contributed by atoms with Crippen LogP contribution in [0, 0.1) is 0 Å². The highest BCUT2D eigenvalue weighted by Crippen LogP contribution is 2.29. The fraction of sp³-hybridized carbons (Fsp3) is 0.579. The van der Waals surface area contributed by atoms with Crippen LogP contribution in [0.25, 0.3) is 11.5 Å². The van der Waals surface area contributed by atoms with Crippen LogP contribution in [0.3, 0.4) is 0 Å². The lowest BCUT2D eigenvalue weighted by molar-refractivity contribution is -0.0821. The number of rotatable bonds is 4. The quantitative estimate of drug-likeness (QED) is 0.719. The van der Waals surface area contributed by atoms with Gasteiger partial charge in [-0.15, -0.1) is 15.3 Å². The van der Waals surface area contributed by atoms with Crippen molar-refractivity contribution in [3.63, 3.8) is 0 Å². The maximum Gasteiger partial charge on any atom is 0.178 e. The van der Waals surface area contributed by atoms with Gasteiger partial charge < -0.3 is 14.7 Å². The van der Waals surface area contributed by atoms with Crippen LogP contribution >= 0.6 is 0 Å². The lowest BCUT2D eigenvalue weighted by atomic mass is 9.91. The summed E-state index contributed by atoms with van der Waals surface area (Å²) in [6.07, 6.45) is 7.03. The summed E-state index contributed by atoms with van der Waals surface area (Å²) in [6, 6.07) is 5.70. The second-order valence-electron chi connectivity index (χ2n) is 7.86. The molecule has 0 amide bonds. The van der Waals surface area contributed by atoms with Crippen molar-refractivity contribution in [2.45, 2.75) is 37.2 Å². The van der Waals surface area contributed by atoms with E-state index in [4.69, 9.17) is 9.84 Å². The van der Waals surface area contributed by atoms with E-state index in [9.17, 15) is 5.11 Å². The number of β-amino-alcohol motifs (C(OH)–C–C–N with tert-alkyl or cyclic N) is 1. The summed E-state index contributed by atoms with van der Waals surface area (Å²) in [7, 11) is 0. The first kappa shape index (κ1) is 17.7. The minimum absolute atomic E-state index is 0.316. The first-order valence-electron chi connectivity index (χ1n) is 9.95. The van der Waals surface area contributed by atoms with E-state index in [0.717, 1.165) is 62.6 Å². The minimum atomic E-state index is -0.604. The molecule has 9 heteroatoms. The van der Waals surface area contributed by atoms with E-state index in [1.54, 1.807) is 10.9 Å². The molecule has 2 saturated heterocycles. The lowest BCUT2D eigenvalue weighted by Gasteiger charge is -2.39. The standard InChI is InChI=1S/C19H25N7O2/c27-19(6-12-28-13-7-19)14-24-10-4-15(5-11-24)18-22-21-16-2-3-17(23-26(16)18)25-9-1-8-20-25/h1-3,8-9,15,27H,4-7,10-14H2. The molecule has 28 heavy (non-hydrogen) atoms. The third-order valence-electron chi connectivity index (χ3n) is 5.91. The number of hydrogen-bond donors (Lipinski definition) is 1. The van der Waals surface area contributed by atoms with E-state index in [0.29, 0.717) is 19.1 Å². The van der Waals surface area contributed by atoms with Crippen LogP contribution < -0.4 is 0 Å². The smallest absolute Gasteiger partial charge is 0.178 e. The van der Waals surface area contributed by atoms with Gasteiger partial charge in [-0.2, -0.15) is 9.61 Å². The Morgan fingerprint density at radius 1 is 1.14 bits per heavy atom. The Morgan fingerprint density at radius 2 is 1.96 bits per heavy atom. The largest absolute Gasteiger partial charge is 0.388 e. The molecule has 0 saturated carbocycles. The molecule has 2 fully saturated rings. The third kappa shape index (κ3) is 3.41. The van der Waals surface area contributed by atoms with Crippen LogP contribution in [0.2, 0.25) is 0 Å². The molecule has 2 aliphatic heterocycles. The van der Waals surface area contributed by atoms with Crippen LogP contribution in [-0.2, 0) is 4.74 Å². The van der Waals surface area contributed by atoms with Crippen molar-refractivity contribution < 1.29 is 9.84 Å². The predicted molar refractivity (Wildman–Crippen MR) is 101 cm³/mol. The van der Waals surface area contributed by atoms with Crippen molar-refractivity contribution >= 4 is 5.65 Å². The van der Waals surface area contributed by atoms with E-state index in [-0.39, 0.29) is 0 Å². The zero-order valence-corrected chi connectivity index (χ0v) is 15.8. The van der Waals surface area contributed by atoms with E-state index >= 15 is 0 Å². The zero-order chi connectivity index (χ0) is 19.0. The molecule has 0 aliphatic carbocycles. The number of hydrogen-bond acceptors (Lipinski definition) is 7. The second kappa shape index (κ2) is 7.23. The SMILES string of the molecule is OC1(CN2CCC(c3nnc4ccc(-n5cccn5)nn34)CC2)CCOCC1. The van der Waals surface area contributed by atoms with Gasteiger partial charge in [0.25, 0.3) is 0 Å². The summed E-state index contributed by atoms with van der Waals surface area (Å²) in [5.74, 6) is 1.97. The highest BCUT2D eigenvalue weighted by molar-refractivity contribution is 5.39. The van der Waals surface area contributed by atoms with Gasteiger partial charge in [-0.3, -0.25) is 0 Å². The Balaban J connectivity index is 1.30. The normalized spacial score (nSPS) is 21.3. The molecular weight excluding hydrogens is 358 g/mol. The molecule has 0 spiro atoms. The molecule has 2 aliphatic rings. The van der Waals surface area contributed by atoms with Crippen LogP contribution in [0.4, 0.5) is 0 Å². The summed E-state index contributed by atoms with van der Waals surface area (Å²) in [6.45, 7) is 3.93. The summed E-state index contributed by atoms with van der Waals surface area (Å²) in [4.78, 5) is 2.37. The van der Waals surface area contributed by atoms with Crippen molar-refractivity contribution in [3.8, 4) is 5.82 Å². The number of piperidine rings is 1. The van der Waals surface area contributed by atoms with E-state index in [1.165, 1.54) is 0 Å². The van der Waals surface area contributed by atoms with Gasteiger partial charge in [0.2, 0.25) is 0 Å². The van der Waals surface area contributed by atoms with Gasteiger partial charge >= 0.3 is 0 Å². The highest BCUT2D eigenvalue weighted by atomic mass is 16.5. The maximum atomic E-state index is 10.8. The van der Waals surface area contributed by atoms with Gasteiger partial charge in [0, 0.05) is 50.9 Å². The number of aromatic nitrogens is 6. The molecular formula is C19H25N7O2. The Labute approximate surface area is 162 Å². The molecule has 0 atom stereocenters. The average Bonchev–Trinajstić information content (AvgIpc) is 3.38. The molecule has 5 rings (SSSR count). The van der Waals surface area contributed by atoms with Gasteiger partial charge in [0.1, 0.15) is 0 Å². The number of fused-ring (bicyclic) bond motifs is 1. The molecule has 148 valence electrons. The Kier molecular flexibility index (Phi) is 4.58. The van der Waals surface area contributed by atoms with Crippen LogP contribution in [0.15, 0.2) is 30.6 Å². The Hall–Kier alpha value is -2.36. The van der Waals surface area contributed by atoms with Crippen molar-refractivity contribution in [2.24, 2.45) is 0 Å². The van der Waals surface area contributed by atoms with Crippen LogP contribution in [0.5, 0.6) is 0 Å². The highest BCUT2D eigenvalue weighted by Gasteiger charge is 2.34. The monoisotopic (exact) mass is 383 g/mol. The molecule has 1 N–H and O–H groups in total. The fourth-order valence-corrected chi connectivity index (χ4v) is 4.25. The summed E-state index contributed by atoms with van der Waals surface area (Å²) in [5.41, 5.74) is 0.150. The summed E-state index contributed by atoms with van der Waals surface area (Å²) >= 11 is 0. The molecule has 3 aromatic heterocycles. The lowest BCUT2D eigenvalue weighted by Crippen LogP contribution is -2.48. The first-order chi connectivity index (χ1) is 13.7. The van der Waals surface area contributed by atoms with Crippen molar-refractivity contribution in [1.29, 1.82) is 0 Å². The molecule has 5 heterocycles. The number of ether oxygens (including phenoxy) is 1. The molecule has 3 aromatic rings. The number of aliphatic hydroxyl groups is 1. The van der Waals surface area contributed by atoms with Crippen molar-refractivity contribution in [2.75, 3.05) is 32.8 Å². The second-order valence-corrected chi connectivity index (χ2v) is 7.86. The van der Waals surface area contributed by atoms with E-state index < -0.39 is 5.60 Å². The molecule has 0 aromatic carbocycles. The van der Waals surface area contributed by atoms with Gasteiger partial charge in [-0.05, 0) is 44.1 Å².